The fourth-order valence-electron chi connectivity index (χ4n) is 2.25. The number of carbonyl (C=O) groups is 2. The van der Waals surface area contributed by atoms with Crippen molar-refractivity contribution in [3.8, 4) is 0 Å². The van der Waals surface area contributed by atoms with Crippen LogP contribution in [-0.4, -0.2) is 47.8 Å². The zero-order valence-corrected chi connectivity index (χ0v) is 12.2. The number of likely N-dealkylation sites (N-methyl/N-ethyl adjacent to an activating group) is 1. The Morgan fingerprint density at radius 3 is 2.80 bits per heavy atom. The molecule has 108 valence electrons. The zero-order chi connectivity index (χ0) is 14.9. The quantitative estimate of drug-likeness (QED) is 0.841. The molecule has 2 N–H and O–H groups in total. The van der Waals surface area contributed by atoms with Gasteiger partial charge in [-0.3, -0.25) is 9.59 Å². The Hall–Kier alpha value is -2.04. The Labute approximate surface area is 119 Å². The van der Waals surface area contributed by atoms with Gasteiger partial charge in [-0.25, -0.2) is 0 Å². The minimum atomic E-state index is -0.107. The van der Waals surface area contributed by atoms with Gasteiger partial charge in [0.15, 0.2) is 0 Å². The lowest BCUT2D eigenvalue weighted by Crippen LogP contribution is -2.46. The molecule has 0 aliphatic carbocycles. The lowest BCUT2D eigenvalue weighted by molar-refractivity contribution is -0.132. The van der Waals surface area contributed by atoms with Gasteiger partial charge in [0, 0.05) is 30.9 Å². The topological polar surface area (TPSA) is 66.6 Å². The number of amides is 2. The molecule has 0 spiro atoms. The van der Waals surface area contributed by atoms with Gasteiger partial charge < -0.3 is 15.5 Å². The lowest BCUT2D eigenvalue weighted by Gasteiger charge is -2.30. The maximum Gasteiger partial charge on any atom is 0.254 e. The van der Waals surface area contributed by atoms with Gasteiger partial charge >= 0.3 is 0 Å². The van der Waals surface area contributed by atoms with Crippen LogP contribution in [0.25, 0.3) is 0 Å². The predicted octanol–water partition coefficient (Wildman–Crippen LogP) is 1.13. The van der Waals surface area contributed by atoms with Crippen molar-refractivity contribution >= 4 is 17.5 Å². The standard InChI is InChI=1S/C15H21N3O2/c1-10(2)17(3)14(19)9-18-7-6-11-4-5-12(16)8-13(11)15(18)20/h4-5,8,10H,6-7,9,16H2,1-3H3. The second kappa shape index (κ2) is 5.53. The van der Waals surface area contributed by atoms with E-state index in [-0.39, 0.29) is 24.4 Å². The van der Waals surface area contributed by atoms with Crippen LogP contribution in [0.5, 0.6) is 0 Å². The Kier molecular flexibility index (Phi) is 3.97. The van der Waals surface area contributed by atoms with Crippen LogP contribution in [0.15, 0.2) is 18.2 Å². The molecule has 0 bridgehead atoms. The van der Waals surface area contributed by atoms with Crippen LogP contribution in [0, 0.1) is 0 Å². The monoisotopic (exact) mass is 275 g/mol. The van der Waals surface area contributed by atoms with Gasteiger partial charge in [-0.15, -0.1) is 0 Å². The third-order valence-electron chi connectivity index (χ3n) is 3.80. The van der Waals surface area contributed by atoms with Crippen LogP contribution in [0.1, 0.15) is 29.8 Å². The number of hydrogen-bond donors (Lipinski definition) is 1. The minimum absolute atomic E-state index is 0.0410. The first-order chi connectivity index (χ1) is 9.40. The summed E-state index contributed by atoms with van der Waals surface area (Å²) in [6, 6.07) is 5.52. The van der Waals surface area contributed by atoms with E-state index in [9.17, 15) is 9.59 Å². The van der Waals surface area contributed by atoms with Crippen LogP contribution in [0.2, 0.25) is 0 Å². The summed E-state index contributed by atoms with van der Waals surface area (Å²) in [5.74, 6) is -0.148. The van der Waals surface area contributed by atoms with Gasteiger partial charge in [0.25, 0.3) is 5.91 Å². The second-order valence-electron chi connectivity index (χ2n) is 5.49. The first-order valence-corrected chi connectivity index (χ1v) is 6.83. The summed E-state index contributed by atoms with van der Waals surface area (Å²) in [5, 5.41) is 0. The molecule has 0 saturated heterocycles. The van der Waals surface area contributed by atoms with E-state index in [2.05, 4.69) is 0 Å². The highest BCUT2D eigenvalue weighted by Crippen LogP contribution is 2.21. The van der Waals surface area contributed by atoms with E-state index >= 15 is 0 Å². The molecule has 1 heterocycles. The number of hydrogen-bond acceptors (Lipinski definition) is 3. The Morgan fingerprint density at radius 2 is 2.15 bits per heavy atom. The molecular weight excluding hydrogens is 254 g/mol. The summed E-state index contributed by atoms with van der Waals surface area (Å²) in [4.78, 5) is 27.7. The number of fused-ring (bicyclic) bond motifs is 1. The SMILES string of the molecule is CC(C)N(C)C(=O)CN1CCc2ccc(N)cc2C1=O. The van der Waals surface area contributed by atoms with Gasteiger partial charge in [-0.2, -0.15) is 0 Å². The number of nitrogen functional groups attached to an aromatic ring is 1. The van der Waals surface area contributed by atoms with Gasteiger partial charge in [-0.1, -0.05) is 6.07 Å². The van der Waals surface area contributed by atoms with Gasteiger partial charge in [0.1, 0.15) is 6.54 Å². The van der Waals surface area contributed by atoms with Gasteiger partial charge in [0.05, 0.1) is 0 Å². The van der Waals surface area contributed by atoms with Gasteiger partial charge in [-0.05, 0) is 38.0 Å². The van der Waals surface area contributed by atoms with Crippen molar-refractivity contribution < 1.29 is 9.59 Å². The summed E-state index contributed by atoms with van der Waals surface area (Å²) in [6.07, 6.45) is 0.764. The number of benzene rings is 1. The average molecular weight is 275 g/mol. The van der Waals surface area contributed by atoms with E-state index in [1.54, 1.807) is 29.0 Å². The number of nitrogens with two attached hydrogens (primary N) is 1. The predicted molar refractivity (Wildman–Crippen MR) is 78.4 cm³/mol. The minimum Gasteiger partial charge on any atom is -0.399 e. The van der Waals surface area contributed by atoms with E-state index in [0.717, 1.165) is 12.0 Å². The third-order valence-corrected chi connectivity index (χ3v) is 3.80. The fraction of sp³-hybridized carbons (Fsp3) is 0.467. The summed E-state index contributed by atoms with van der Waals surface area (Å²) >= 11 is 0. The van der Waals surface area contributed by atoms with Crippen LogP contribution < -0.4 is 5.73 Å². The maximum atomic E-state index is 12.4. The molecule has 1 aromatic carbocycles. The van der Waals surface area contributed by atoms with Gasteiger partial charge in [0.2, 0.25) is 5.91 Å². The largest absolute Gasteiger partial charge is 0.399 e. The highest BCUT2D eigenvalue weighted by molar-refractivity contribution is 5.99. The number of carbonyl (C=O) groups excluding carboxylic acids is 2. The summed E-state index contributed by atoms with van der Waals surface area (Å²) in [6.45, 7) is 4.60. The average Bonchev–Trinajstić information content (AvgIpc) is 2.41. The van der Waals surface area contributed by atoms with Crippen molar-refractivity contribution in [3.63, 3.8) is 0 Å². The Morgan fingerprint density at radius 1 is 1.45 bits per heavy atom. The van der Waals surface area contributed by atoms with E-state index in [1.807, 2.05) is 19.9 Å². The molecule has 2 rings (SSSR count). The second-order valence-corrected chi connectivity index (χ2v) is 5.49. The highest BCUT2D eigenvalue weighted by atomic mass is 16.2. The lowest BCUT2D eigenvalue weighted by atomic mass is 9.98. The summed E-state index contributed by atoms with van der Waals surface area (Å²) < 4.78 is 0. The molecule has 0 unspecified atom stereocenters. The van der Waals surface area contributed by atoms with Crippen molar-refractivity contribution in [1.29, 1.82) is 0 Å². The first-order valence-electron chi connectivity index (χ1n) is 6.83. The first kappa shape index (κ1) is 14.4. The van der Waals surface area contributed by atoms with E-state index in [4.69, 9.17) is 5.73 Å². The van der Waals surface area contributed by atoms with Crippen molar-refractivity contribution in [2.45, 2.75) is 26.3 Å². The van der Waals surface area contributed by atoms with Crippen LogP contribution >= 0.6 is 0 Å². The molecule has 1 aliphatic heterocycles. The zero-order valence-electron chi connectivity index (χ0n) is 12.2. The molecule has 0 radical (unpaired) electrons. The molecule has 2 amide bonds. The number of nitrogens with zero attached hydrogens (tertiary/aromatic N) is 2. The molecule has 5 heteroatoms. The van der Waals surface area contributed by atoms with E-state index in [0.29, 0.717) is 17.8 Å². The molecule has 20 heavy (non-hydrogen) atoms. The number of anilines is 1. The molecule has 5 nitrogen and oxygen atoms in total. The van der Waals surface area contributed by atoms with Crippen molar-refractivity contribution in [2.24, 2.45) is 0 Å². The van der Waals surface area contributed by atoms with E-state index < -0.39 is 0 Å². The molecule has 1 aromatic rings. The summed E-state index contributed by atoms with van der Waals surface area (Å²) in [7, 11) is 1.76. The fourth-order valence-corrected chi connectivity index (χ4v) is 2.25. The Balaban J connectivity index is 2.13. The molecule has 0 aromatic heterocycles. The smallest absolute Gasteiger partial charge is 0.254 e. The normalized spacial score (nSPS) is 14.4. The van der Waals surface area contributed by atoms with Crippen molar-refractivity contribution in [1.82, 2.24) is 9.80 Å². The Bertz CT molecular complexity index is 540. The van der Waals surface area contributed by atoms with Crippen molar-refractivity contribution in [3.05, 3.63) is 29.3 Å². The van der Waals surface area contributed by atoms with Crippen molar-refractivity contribution in [2.75, 3.05) is 25.9 Å². The van der Waals surface area contributed by atoms with Crippen LogP contribution in [0.3, 0.4) is 0 Å². The maximum absolute atomic E-state index is 12.4. The molecular formula is C15H21N3O2. The highest BCUT2D eigenvalue weighted by Gasteiger charge is 2.27. The third kappa shape index (κ3) is 2.76. The molecule has 0 fully saturated rings. The molecule has 0 saturated carbocycles. The molecule has 1 aliphatic rings. The van der Waals surface area contributed by atoms with E-state index in [1.165, 1.54) is 0 Å². The number of rotatable bonds is 3. The van der Waals surface area contributed by atoms with Crippen LogP contribution in [-0.2, 0) is 11.2 Å². The van der Waals surface area contributed by atoms with Crippen LogP contribution in [0.4, 0.5) is 5.69 Å². The summed E-state index contributed by atoms with van der Waals surface area (Å²) in [5.41, 5.74) is 7.93. The molecule has 0 atom stereocenters.